The molecule has 0 fully saturated rings. The zero-order chi connectivity index (χ0) is 19.3. The minimum Gasteiger partial charge on any atom is -0.395 e. The van der Waals surface area contributed by atoms with Crippen molar-refractivity contribution < 1.29 is 41.0 Å². The minimum absolute atomic E-state index is 0.0936. The van der Waals surface area contributed by atoms with Crippen molar-refractivity contribution >= 4 is 17.7 Å². The summed E-state index contributed by atoms with van der Waals surface area (Å²) < 4.78 is 76.0. The molecular formula is C12H12F6N4O3. The van der Waals surface area contributed by atoms with Gasteiger partial charge in [0, 0.05) is 12.2 Å². The number of hydrogen-bond acceptors (Lipinski definition) is 3. The number of aliphatic hydroxyl groups excluding tert-OH is 1. The first-order valence-corrected chi connectivity index (χ1v) is 6.44. The molecule has 0 aliphatic rings. The van der Waals surface area contributed by atoms with E-state index in [-0.39, 0.29) is 19.2 Å². The highest BCUT2D eigenvalue weighted by Crippen LogP contribution is 2.37. The first kappa shape index (κ1) is 20.3. The number of urea groups is 2. The number of hydrazine groups is 1. The average Bonchev–Trinajstić information content (AvgIpc) is 2.49. The number of amides is 4. The Kier molecular flexibility index (Phi) is 6.44. The molecule has 140 valence electrons. The fraction of sp³-hybridized carbons (Fsp3) is 0.333. The highest BCUT2D eigenvalue weighted by molar-refractivity contribution is 5.90. The van der Waals surface area contributed by atoms with E-state index in [0.717, 1.165) is 0 Å². The molecule has 0 heterocycles. The van der Waals surface area contributed by atoms with E-state index in [4.69, 9.17) is 5.11 Å². The van der Waals surface area contributed by atoms with Crippen LogP contribution in [0.5, 0.6) is 0 Å². The second kappa shape index (κ2) is 7.92. The van der Waals surface area contributed by atoms with Gasteiger partial charge in [0.2, 0.25) is 0 Å². The Morgan fingerprint density at radius 2 is 1.36 bits per heavy atom. The zero-order valence-electron chi connectivity index (χ0n) is 12.2. The van der Waals surface area contributed by atoms with Crippen LogP contribution in [-0.4, -0.2) is 30.3 Å². The summed E-state index contributed by atoms with van der Waals surface area (Å²) in [5.41, 5.74) is -0.531. The molecule has 0 saturated heterocycles. The number of hydrogen-bond donors (Lipinski definition) is 5. The van der Waals surface area contributed by atoms with E-state index in [1.54, 1.807) is 16.2 Å². The molecule has 1 aromatic rings. The molecule has 0 saturated carbocycles. The molecular weight excluding hydrogens is 362 g/mol. The standard InChI is InChI=1S/C12H12F6N4O3/c13-11(14,15)6-3-7(12(16,17)18)5-8(4-6)20-10(25)22-21-9(24)19-1-2-23/h3-5,23H,1-2H2,(H2,19,21,24)(H2,20,22,25). The molecule has 4 amide bonds. The number of carbonyl (C=O) groups excluding carboxylic acids is 2. The van der Waals surface area contributed by atoms with Crippen molar-refractivity contribution in [2.75, 3.05) is 18.5 Å². The molecule has 0 unspecified atom stereocenters. The summed E-state index contributed by atoms with van der Waals surface area (Å²) in [4.78, 5) is 22.5. The average molecular weight is 374 g/mol. The number of rotatable bonds is 3. The quantitative estimate of drug-likeness (QED) is 0.413. The molecule has 25 heavy (non-hydrogen) atoms. The van der Waals surface area contributed by atoms with Crippen LogP contribution < -0.4 is 21.5 Å². The number of anilines is 1. The van der Waals surface area contributed by atoms with Crippen LogP contribution in [0.4, 0.5) is 41.6 Å². The summed E-state index contributed by atoms with van der Waals surface area (Å²) in [5, 5.41) is 12.3. The lowest BCUT2D eigenvalue weighted by molar-refractivity contribution is -0.143. The minimum atomic E-state index is -5.06. The summed E-state index contributed by atoms with van der Waals surface area (Å²) in [7, 11) is 0. The number of aliphatic hydroxyl groups is 1. The molecule has 0 aromatic heterocycles. The van der Waals surface area contributed by atoms with E-state index in [9.17, 15) is 35.9 Å². The first-order chi connectivity index (χ1) is 11.4. The monoisotopic (exact) mass is 374 g/mol. The van der Waals surface area contributed by atoms with Crippen molar-refractivity contribution in [3.63, 3.8) is 0 Å². The van der Waals surface area contributed by atoms with E-state index < -0.39 is 41.2 Å². The van der Waals surface area contributed by atoms with Gasteiger partial charge in [0.25, 0.3) is 0 Å². The molecule has 1 aromatic carbocycles. The van der Waals surface area contributed by atoms with Crippen LogP contribution in [-0.2, 0) is 12.4 Å². The summed E-state index contributed by atoms with van der Waals surface area (Å²) >= 11 is 0. The van der Waals surface area contributed by atoms with Crippen molar-refractivity contribution in [3.05, 3.63) is 29.3 Å². The van der Waals surface area contributed by atoms with E-state index >= 15 is 0 Å². The van der Waals surface area contributed by atoms with Crippen LogP contribution in [0.3, 0.4) is 0 Å². The fourth-order valence-electron chi connectivity index (χ4n) is 1.52. The van der Waals surface area contributed by atoms with Gasteiger partial charge in [-0.3, -0.25) is 0 Å². The highest BCUT2D eigenvalue weighted by Gasteiger charge is 2.37. The van der Waals surface area contributed by atoms with Gasteiger partial charge in [0.15, 0.2) is 0 Å². The maximum atomic E-state index is 12.7. The van der Waals surface area contributed by atoms with Gasteiger partial charge in [-0.25, -0.2) is 20.4 Å². The maximum Gasteiger partial charge on any atom is 0.416 e. The number of carbonyl (C=O) groups is 2. The summed E-state index contributed by atoms with van der Waals surface area (Å²) in [6.07, 6.45) is -10.1. The van der Waals surface area contributed by atoms with Crippen LogP contribution >= 0.6 is 0 Å². The molecule has 0 atom stereocenters. The third-order valence-electron chi connectivity index (χ3n) is 2.53. The summed E-state index contributed by atoms with van der Waals surface area (Å²) in [6, 6.07) is -1.72. The first-order valence-electron chi connectivity index (χ1n) is 6.44. The SMILES string of the molecule is O=C(NCCO)NNC(=O)Nc1cc(C(F)(F)F)cc(C(F)(F)F)c1. The zero-order valence-corrected chi connectivity index (χ0v) is 12.2. The predicted molar refractivity (Wildman–Crippen MR) is 72.2 cm³/mol. The van der Waals surface area contributed by atoms with Crippen molar-refractivity contribution in [1.82, 2.24) is 16.2 Å². The molecule has 0 radical (unpaired) electrons. The molecule has 1 rings (SSSR count). The molecule has 0 spiro atoms. The number of halogens is 6. The topological polar surface area (TPSA) is 102 Å². The van der Waals surface area contributed by atoms with Gasteiger partial charge in [0.1, 0.15) is 0 Å². The molecule has 5 N–H and O–H groups in total. The van der Waals surface area contributed by atoms with Crippen LogP contribution in [0.2, 0.25) is 0 Å². The Morgan fingerprint density at radius 3 is 1.80 bits per heavy atom. The largest absolute Gasteiger partial charge is 0.416 e. The van der Waals surface area contributed by atoms with Gasteiger partial charge in [-0.2, -0.15) is 26.3 Å². The van der Waals surface area contributed by atoms with Gasteiger partial charge < -0.3 is 15.7 Å². The predicted octanol–water partition coefficient (Wildman–Crippen LogP) is 2.05. The normalized spacial score (nSPS) is 11.6. The second-order valence-corrected chi connectivity index (χ2v) is 4.48. The third-order valence-corrected chi connectivity index (χ3v) is 2.53. The maximum absolute atomic E-state index is 12.7. The van der Waals surface area contributed by atoms with Gasteiger partial charge >= 0.3 is 24.4 Å². The Labute approximate surface area is 136 Å². The van der Waals surface area contributed by atoms with Crippen LogP contribution in [0.15, 0.2) is 18.2 Å². The van der Waals surface area contributed by atoms with Crippen LogP contribution in [0.1, 0.15) is 11.1 Å². The van der Waals surface area contributed by atoms with Crippen molar-refractivity contribution in [2.45, 2.75) is 12.4 Å². The van der Waals surface area contributed by atoms with Gasteiger partial charge in [-0.05, 0) is 18.2 Å². The summed E-state index contributed by atoms with van der Waals surface area (Å²) in [6.45, 7) is -0.526. The number of nitrogens with one attached hydrogen (secondary N) is 4. The Balaban J connectivity index is 2.86. The van der Waals surface area contributed by atoms with Crippen molar-refractivity contribution in [1.29, 1.82) is 0 Å². The van der Waals surface area contributed by atoms with E-state index in [0.29, 0.717) is 12.1 Å². The van der Waals surface area contributed by atoms with Crippen LogP contribution in [0.25, 0.3) is 0 Å². The van der Waals surface area contributed by atoms with Gasteiger partial charge in [0.05, 0.1) is 17.7 Å². The molecule has 0 bridgehead atoms. The smallest absolute Gasteiger partial charge is 0.395 e. The van der Waals surface area contributed by atoms with Crippen LogP contribution in [0, 0.1) is 0 Å². The molecule has 0 aliphatic carbocycles. The van der Waals surface area contributed by atoms with E-state index in [1.807, 2.05) is 0 Å². The lowest BCUT2D eigenvalue weighted by Crippen LogP contribution is -2.48. The number of benzene rings is 1. The fourth-order valence-corrected chi connectivity index (χ4v) is 1.52. The lowest BCUT2D eigenvalue weighted by atomic mass is 10.1. The third kappa shape index (κ3) is 6.74. The molecule has 0 aliphatic heterocycles. The molecule has 13 heteroatoms. The van der Waals surface area contributed by atoms with E-state index in [2.05, 4.69) is 5.32 Å². The lowest BCUT2D eigenvalue weighted by Gasteiger charge is -2.15. The Hall–Kier alpha value is -2.70. The van der Waals surface area contributed by atoms with E-state index in [1.165, 1.54) is 0 Å². The Morgan fingerprint density at radius 1 is 0.880 bits per heavy atom. The van der Waals surface area contributed by atoms with Gasteiger partial charge in [-0.1, -0.05) is 0 Å². The number of alkyl halides is 6. The second-order valence-electron chi connectivity index (χ2n) is 4.48. The summed E-state index contributed by atoms with van der Waals surface area (Å²) in [5.74, 6) is 0. The highest BCUT2D eigenvalue weighted by atomic mass is 19.4. The van der Waals surface area contributed by atoms with Crippen molar-refractivity contribution in [2.24, 2.45) is 0 Å². The Bertz CT molecular complexity index is 600. The van der Waals surface area contributed by atoms with Crippen molar-refractivity contribution in [3.8, 4) is 0 Å². The molecule has 7 nitrogen and oxygen atoms in total. The van der Waals surface area contributed by atoms with Gasteiger partial charge in [-0.15, -0.1) is 0 Å².